The minimum Gasteiger partial charge on any atom is -0.398 e. The number of hydrogen-bond donors (Lipinski definition) is 2. The van der Waals surface area contributed by atoms with Crippen LogP contribution >= 0.6 is 0 Å². The Labute approximate surface area is 103 Å². The molecular formula is C14H22N2O. The molecule has 94 valence electrons. The van der Waals surface area contributed by atoms with Crippen LogP contribution in [0.3, 0.4) is 0 Å². The Kier molecular flexibility index (Phi) is 5.53. The zero-order valence-corrected chi connectivity index (χ0v) is 10.7. The van der Waals surface area contributed by atoms with E-state index in [0.717, 1.165) is 12.8 Å². The third-order valence-corrected chi connectivity index (χ3v) is 2.82. The zero-order valence-electron chi connectivity index (χ0n) is 10.7. The Bertz CT molecular complexity index is 363. The van der Waals surface area contributed by atoms with Crippen molar-refractivity contribution in [2.24, 2.45) is 0 Å². The number of anilines is 1. The van der Waals surface area contributed by atoms with Gasteiger partial charge in [0, 0.05) is 11.7 Å². The number of rotatable bonds is 6. The number of amides is 1. The lowest BCUT2D eigenvalue weighted by molar-refractivity contribution is 0.0939. The molecule has 0 bridgehead atoms. The number of unbranched alkanes of at least 4 members (excludes halogenated alkanes) is 2. The largest absolute Gasteiger partial charge is 0.398 e. The Balaban J connectivity index is 2.46. The predicted molar refractivity (Wildman–Crippen MR) is 71.9 cm³/mol. The van der Waals surface area contributed by atoms with Crippen molar-refractivity contribution in [3.05, 3.63) is 29.8 Å². The minimum absolute atomic E-state index is 0.0768. The van der Waals surface area contributed by atoms with Gasteiger partial charge in [-0.25, -0.2) is 0 Å². The van der Waals surface area contributed by atoms with E-state index in [9.17, 15) is 4.79 Å². The third kappa shape index (κ3) is 4.47. The van der Waals surface area contributed by atoms with Gasteiger partial charge < -0.3 is 11.1 Å². The molecule has 3 N–H and O–H groups in total. The van der Waals surface area contributed by atoms with Crippen LogP contribution in [-0.2, 0) is 0 Å². The van der Waals surface area contributed by atoms with Crippen molar-refractivity contribution < 1.29 is 4.79 Å². The number of carbonyl (C=O) groups is 1. The number of carbonyl (C=O) groups excluding carboxylic acids is 1. The molecule has 0 aliphatic carbocycles. The van der Waals surface area contributed by atoms with Crippen molar-refractivity contribution in [1.29, 1.82) is 0 Å². The van der Waals surface area contributed by atoms with Crippen molar-refractivity contribution in [1.82, 2.24) is 5.32 Å². The van der Waals surface area contributed by atoms with Gasteiger partial charge in [0.05, 0.1) is 5.56 Å². The highest BCUT2D eigenvalue weighted by molar-refractivity contribution is 5.99. The summed E-state index contributed by atoms with van der Waals surface area (Å²) in [4.78, 5) is 11.9. The molecule has 3 nitrogen and oxygen atoms in total. The molecule has 1 amide bonds. The van der Waals surface area contributed by atoms with Gasteiger partial charge in [-0.05, 0) is 25.5 Å². The number of hydrogen-bond acceptors (Lipinski definition) is 2. The number of benzene rings is 1. The summed E-state index contributed by atoms with van der Waals surface area (Å²) < 4.78 is 0. The SMILES string of the molecule is CCCCCC(C)NC(=O)c1ccccc1N. The number of nitrogens with one attached hydrogen (secondary N) is 1. The van der Waals surface area contributed by atoms with Crippen LogP contribution in [0, 0.1) is 0 Å². The van der Waals surface area contributed by atoms with E-state index in [1.807, 2.05) is 19.1 Å². The van der Waals surface area contributed by atoms with Crippen molar-refractivity contribution in [2.75, 3.05) is 5.73 Å². The fourth-order valence-electron chi connectivity index (χ4n) is 1.78. The number of nitrogens with two attached hydrogens (primary N) is 1. The van der Waals surface area contributed by atoms with Gasteiger partial charge in [0.15, 0.2) is 0 Å². The molecule has 1 unspecified atom stereocenters. The van der Waals surface area contributed by atoms with E-state index >= 15 is 0 Å². The number of para-hydroxylation sites is 1. The smallest absolute Gasteiger partial charge is 0.253 e. The maximum atomic E-state index is 11.9. The average molecular weight is 234 g/mol. The molecule has 1 rings (SSSR count). The molecule has 0 radical (unpaired) electrons. The molecule has 0 heterocycles. The summed E-state index contributed by atoms with van der Waals surface area (Å²) in [5.41, 5.74) is 6.86. The van der Waals surface area contributed by atoms with Crippen molar-refractivity contribution in [2.45, 2.75) is 45.6 Å². The van der Waals surface area contributed by atoms with Crippen LogP contribution in [0.15, 0.2) is 24.3 Å². The lowest BCUT2D eigenvalue weighted by atomic mass is 10.1. The summed E-state index contributed by atoms with van der Waals surface area (Å²) in [5.74, 6) is -0.0768. The fourth-order valence-corrected chi connectivity index (χ4v) is 1.78. The highest BCUT2D eigenvalue weighted by atomic mass is 16.1. The van der Waals surface area contributed by atoms with Gasteiger partial charge in [-0.2, -0.15) is 0 Å². The minimum atomic E-state index is -0.0768. The van der Waals surface area contributed by atoms with E-state index in [1.54, 1.807) is 12.1 Å². The van der Waals surface area contributed by atoms with Crippen molar-refractivity contribution >= 4 is 11.6 Å². The first-order valence-corrected chi connectivity index (χ1v) is 6.30. The molecule has 0 saturated carbocycles. The van der Waals surface area contributed by atoms with Crippen LogP contribution in [0.2, 0.25) is 0 Å². The van der Waals surface area contributed by atoms with E-state index in [2.05, 4.69) is 12.2 Å². The van der Waals surface area contributed by atoms with Crippen LogP contribution in [0.4, 0.5) is 5.69 Å². The van der Waals surface area contributed by atoms with Gasteiger partial charge >= 0.3 is 0 Å². The van der Waals surface area contributed by atoms with E-state index < -0.39 is 0 Å². The second-order valence-corrected chi connectivity index (χ2v) is 4.46. The Morgan fingerprint density at radius 1 is 1.35 bits per heavy atom. The third-order valence-electron chi connectivity index (χ3n) is 2.82. The van der Waals surface area contributed by atoms with E-state index in [4.69, 9.17) is 5.73 Å². The van der Waals surface area contributed by atoms with Gasteiger partial charge in [0.25, 0.3) is 5.91 Å². The normalized spacial score (nSPS) is 12.1. The second-order valence-electron chi connectivity index (χ2n) is 4.46. The van der Waals surface area contributed by atoms with Crippen LogP contribution in [-0.4, -0.2) is 11.9 Å². The Morgan fingerprint density at radius 3 is 2.71 bits per heavy atom. The summed E-state index contributed by atoms with van der Waals surface area (Å²) in [5, 5.41) is 2.98. The maximum absolute atomic E-state index is 11.9. The molecule has 0 aromatic heterocycles. The van der Waals surface area contributed by atoms with Crippen molar-refractivity contribution in [3.63, 3.8) is 0 Å². The van der Waals surface area contributed by atoms with Gasteiger partial charge in [-0.1, -0.05) is 38.3 Å². The van der Waals surface area contributed by atoms with E-state index in [0.29, 0.717) is 11.3 Å². The molecule has 0 spiro atoms. The van der Waals surface area contributed by atoms with Crippen LogP contribution in [0.25, 0.3) is 0 Å². The quantitative estimate of drug-likeness (QED) is 0.587. The van der Waals surface area contributed by atoms with Gasteiger partial charge in [0.2, 0.25) is 0 Å². The Morgan fingerprint density at radius 2 is 2.06 bits per heavy atom. The Hall–Kier alpha value is -1.51. The monoisotopic (exact) mass is 234 g/mol. The molecule has 1 aromatic rings. The lowest BCUT2D eigenvalue weighted by Crippen LogP contribution is -2.32. The summed E-state index contributed by atoms with van der Waals surface area (Å²) in [6, 6.07) is 7.36. The van der Waals surface area contributed by atoms with Gasteiger partial charge in [0.1, 0.15) is 0 Å². The molecule has 17 heavy (non-hydrogen) atoms. The van der Waals surface area contributed by atoms with Crippen molar-refractivity contribution in [3.8, 4) is 0 Å². The van der Waals surface area contributed by atoms with Crippen LogP contribution in [0.1, 0.15) is 49.9 Å². The molecule has 0 aliphatic heterocycles. The standard InChI is InChI=1S/C14H22N2O/c1-3-4-5-8-11(2)16-14(17)12-9-6-7-10-13(12)15/h6-7,9-11H,3-5,8,15H2,1-2H3,(H,16,17). The molecule has 0 fully saturated rings. The second kappa shape index (κ2) is 6.94. The fraction of sp³-hybridized carbons (Fsp3) is 0.500. The first-order chi connectivity index (χ1) is 8.15. The summed E-state index contributed by atoms with van der Waals surface area (Å²) in [6.45, 7) is 4.21. The number of nitrogen functional groups attached to an aromatic ring is 1. The molecule has 0 saturated heterocycles. The van der Waals surface area contributed by atoms with Crippen LogP contribution in [0.5, 0.6) is 0 Å². The highest BCUT2D eigenvalue weighted by Crippen LogP contribution is 2.11. The molecule has 1 aromatic carbocycles. The molecular weight excluding hydrogens is 212 g/mol. The van der Waals surface area contributed by atoms with Gasteiger partial charge in [-0.15, -0.1) is 0 Å². The molecule has 0 aliphatic rings. The molecule has 1 atom stereocenters. The van der Waals surface area contributed by atoms with Crippen LogP contribution < -0.4 is 11.1 Å². The maximum Gasteiger partial charge on any atom is 0.253 e. The average Bonchev–Trinajstić information content (AvgIpc) is 2.29. The summed E-state index contributed by atoms with van der Waals surface area (Å²) in [6.07, 6.45) is 4.59. The first kappa shape index (κ1) is 13.6. The topological polar surface area (TPSA) is 55.1 Å². The zero-order chi connectivity index (χ0) is 12.7. The van der Waals surface area contributed by atoms with E-state index in [1.165, 1.54) is 12.8 Å². The van der Waals surface area contributed by atoms with E-state index in [-0.39, 0.29) is 11.9 Å². The first-order valence-electron chi connectivity index (χ1n) is 6.30. The summed E-state index contributed by atoms with van der Waals surface area (Å²) >= 11 is 0. The van der Waals surface area contributed by atoms with Gasteiger partial charge in [-0.3, -0.25) is 4.79 Å². The lowest BCUT2D eigenvalue weighted by Gasteiger charge is -2.14. The summed E-state index contributed by atoms with van der Waals surface area (Å²) in [7, 11) is 0. The molecule has 3 heteroatoms. The highest BCUT2D eigenvalue weighted by Gasteiger charge is 2.11. The predicted octanol–water partition coefficient (Wildman–Crippen LogP) is 2.97.